The van der Waals surface area contributed by atoms with E-state index in [4.69, 9.17) is 9.97 Å². The van der Waals surface area contributed by atoms with E-state index in [9.17, 15) is 4.79 Å². The average molecular weight is 529 g/mol. The molecule has 38 heavy (non-hydrogen) atoms. The number of aryl methyl sites for hydroxylation is 1. The van der Waals surface area contributed by atoms with Gasteiger partial charge in [0.25, 0.3) is 5.56 Å². The number of anilines is 1. The van der Waals surface area contributed by atoms with Crippen molar-refractivity contribution in [3.05, 3.63) is 58.3 Å². The second kappa shape index (κ2) is 10.4. The Kier molecular flexibility index (Phi) is 6.82. The molecule has 2 saturated carbocycles. The Labute approximate surface area is 226 Å². The molecule has 0 amide bonds. The molecule has 4 aromatic heterocycles. The second-order valence-corrected chi connectivity index (χ2v) is 11.6. The number of nitrogens with zero attached hydrogens (tertiary/aromatic N) is 7. The summed E-state index contributed by atoms with van der Waals surface area (Å²) in [6.45, 7) is 6.61. The van der Waals surface area contributed by atoms with Crippen molar-refractivity contribution in [1.29, 1.82) is 0 Å². The topological polar surface area (TPSA) is 111 Å². The minimum atomic E-state index is -0.164. The maximum Gasteiger partial charge on any atom is 0.295 e. The Morgan fingerprint density at radius 2 is 1.92 bits per heavy atom. The van der Waals surface area contributed by atoms with Crippen molar-refractivity contribution in [3.63, 3.8) is 0 Å². The van der Waals surface area contributed by atoms with E-state index in [1.165, 1.54) is 6.42 Å². The van der Waals surface area contributed by atoms with E-state index in [-0.39, 0.29) is 11.6 Å². The van der Waals surface area contributed by atoms with Gasteiger partial charge in [-0.15, -0.1) is 11.8 Å². The van der Waals surface area contributed by atoms with E-state index < -0.39 is 0 Å². The third-order valence-corrected chi connectivity index (χ3v) is 8.53. The first-order chi connectivity index (χ1) is 18.5. The van der Waals surface area contributed by atoms with Gasteiger partial charge in [-0.05, 0) is 63.3 Å². The van der Waals surface area contributed by atoms with Gasteiger partial charge in [0, 0.05) is 23.1 Å². The highest BCUT2D eigenvalue weighted by Crippen LogP contribution is 2.43. The van der Waals surface area contributed by atoms with Gasteiger partial charge < -0.3 is 5.32 Å². The number of rotatable bonds is 9. The molecule has 0 radical (unpaired) electrons. The van der Waals surface area contributed by atoms with Crippen LogP contribution < -0.4 is 10.9 Å². The van der Waals surface area contributed by atoms with Crippen molar-refractivity contribution in [2.45, 2.75) is 76.3 Å². The fraction of sp³-hybridized carbons (Fsp3) is 0.464. The van der Waals surface area contributed by atoms with Crippen LogP contribution in [-0.4, -0.2) is 40.2 Å². The zero-order valence-corrected chi connectivity index (χ0v) is 22.8. The van der Waals surface area contributed by atoms with Gasteiger partial charge in [-0.1, -0.05) is 13.3 Å². The average Bonchev–Trinajstić information content (AvgIpc) is 3.73. The summed E-state index contributed by atoms with van der Waals surface area (Å²) in [4.78, 5) is 42.8. The highest BCUT2D eigenvalue weighted by atomic mass is 32.2. The molecule has 0 spiro atoms. The minimum Gasteiger partial charge on any atom is -0.360 e. The molecule has 1 N–H and O–H groups in total. The Morgan fingerprint density at radius 3 is 2.61 bits per heavy atom. The number of fused-ring (bicyclic) bond motifs is 1. The van der Waals surface area contributed by atoms with Gasteiger partial charge in [0.15, 0.2) is 17.3 Å². The smallest absolute Gasteiger partial charge is 0.295 e. The molecule has 2 fully saturated rings. The molecular formula is C28H32N8OS. The molecule has 2 aliphatic carbocycles. The Balaban J connectivity index is 1.40. The van der Waals surface area contributed by atoms with Gasteiger partial charge in [-0.25, -0.2) is 24.9 Å². The van der Waals surface area contributed by atoms with Crippen LogP contribution in [0.2, 0.25) is 0 Å². The third kappa shape index (κ3) is 4.77. The monoisotopic (exact) mass is 528 g/mol. The van der Waals surface area contributed by atoms with Crippen LogP contribution >= 0.6 is 11.8 Å². The lowest BCUT2D eigenvalue weighted by atomic mass is 9.80. The zero-order chi connectivity index (χ0) is 26.2. The van der Waals surface area contributed by atoms with Crippen molar-refractivity contribution in [1.82, 2.24) is 34.5 Å². The van der Waals surface area contributed by atoms with Crippen LogP contribution in [0.5, 0.6) is 0 Å². The lowest BCUT2D eigenvalue weighted by Crippen LogP contribution is -2.33. The first kappa shape index (κ1) is 24.9. The highest BCUT2D eigenvalue weighted by molar-refractivity contribution is 7.99. The lowest BCUT2D eigenvalue weighted by Gasteiger charge is -2.33. The van der Waals surface area contributed by atoms with Gasteiger partial charge in [0.1, 0.15) is 11.8 Å². The fourth-order valence-corrected chi connectivity index (χ4v) is 5.75. The molecule has 6 rings (SSSR count). The van der Waals surface area contributed by atoms with Crippen LogP contribution in [-0.2, 0) is 6.54 Å². The van der Waals surface area contributed by atoms with E-state index in [1.54, 1.807) is 24.3 Å². The first-order valence-electron chi connectivity index (χ1n) is 13.5. The Hall–Kier alpha value is -3.40. The maximum atomic E-state index is 13.9. The van der Waals surface area contributed by atoms with Crippen molar-refractivity contribution < 1.29 is 0 Å². The predicted molar refractivity (Wildman–Crippen MR) is 149 cm³/mol. The highest BCUT2D eigenvalue weighted by Gasteiger charge is 2.31. The number of nitrogens with one attached hydrogen (secondary N) is 1. The molecule has 0 bridgehead atoms. The molecule has 9 nitrogen and oxygen atoms in total. The van der Waals surface area contributed by atoms with Gasteiger partial charge in [0.05, 0.1) is 35.4 Å². The van der Waals surface area contributed by atoms with Crippen LogP contribution in [0.3, 0.4) is 0 Å². The Bertz CT molecular complexity index is 1530. The largest absolute Gasteiger partial charge is 0.360 e. The second-order valence-electron chi connectivity index (χ2n) is 10.2. The molecule has 0 aliphatic heterocycles. The molecule has 196 valence electrons. The van der Waals surface area contributed by atoms with Crippen molar-refractivity contribution in [2.75, 3.05) is 11.1 Å². The number of thioether (sulfide) groups is 1. The van der Waals surface area contributed by atoms with Gasteiger partial charge in [0.2, 0.25) is 0 Å². The third-order valence-electron chi connectivity index (χ3n) is 7.67. The fourth-order valence-electron chi connectivity index (χ4n) is 5.12. The summed E-state index contributed by atoms with van der Waals surface area (Å²) >= 11 is 1.75. The summed E-state index contributed by atoms with van der Waals surface area (Å²) in [5.74, 6) is 2.73. The van der Waals surface area contributed by atoms with Crippen molar-refractivity contribution in [3.8, 4) is 11.4 Å². The quantitative estimate of drug-likeness (QED) is 0.289. The van der Waals surface area contributed by atoms with Crippen LogP contribution in [0.4, 0.5) is 5.82 Å². The summed E-state index contributed by atoms with van der Waals surface area (Å²) in [6.07, 6.45) is 10.9. The number of aromatic nitrogens is 7. The van der Waals surface area contributed by atoms with Crippen molar-refractivity contribution >= 4 is 28.7 Å². The van der Waals surface area contributed by atoms with E-state index >= 15 is 0 Å². The number of hydrogen-bond donors (Lipinski definition) is 1. The zero-order valence-electron chi connectivity index (χ0n) is 22.0. The molecule has 0 saturated heterocycles. The van der Waals surface area contributed by atoms with Gasteiger partial charge in [-0.3, -0.25) is 14.3 Å². The molecule has 10 heteroatoms. The standard InChI is InChI=1S/C28H32N8OS/c1-4-38-21-11-10-20(29-13-21)12-30-26-28(37)36(17(3)18-6-5-7-18)27-22(34-26)14-31-25(35-27)23-16(2)32-15-33-24(23)19-8-9-19/h10-11,13-15,17-19H,4-9,12H2,1-3H3,(H,30,34)/t17-/m0/s1. The SMILES string of the molecule is CCSc1ccc(CNc2nc3cnc(-c4c(C)ncnc4C4CC4)nc3n([C@@H](C)C3CCC3)c2=O)nc1. The van der Waals surface area contributed by atoms with Gasteiger partial charge in [-0.2, -0.15) is 0 Å². The van der Waals surface area contributed by atoms with Crippen LogP contribution in [0.25, 0.3) is 22.6 Å². The molecule has 2 aliphatic rings. The van der Waals surface area contributed by atoms with Crippen LogP contribution in [0, 0.1) is 12.8 Å². The van der Waals surface area contributed by atoms with E-state index in [2.05, 4.69) is 45.2 Å². The summed E-state index contributed by atoms with van der Waals surface area (Å²) in [5, 5.41) is 3.24. The minimum absolute atomic E-state index is 0.00421. The molecule has 0 aromatic carbocycles. The maximum absolute atomic E-state index is 13.9. The molecule has 0 unspecified atom stereocenters. The number of pyridine rings is 1. The summed E-state index contributed by atoms with van der Waals surface area (Å²) < 4.78 is 1.82. The molecule has 4 aromatic rings. The number of hydrogen-bond acceptors (Lipinski definition) is 9. The Morgan fingerprint density at radius 1 is 1.08 bits per heavy atom. The van der Waals surface area contributed by atoms with E-state index in [0.29, 0.717) is 41.2 Å². The van der Waals surface area contributed by atoms with E-state index in [1.807, 2.05) is 23.8 Å². The molecule has 4 heterocycles. The van der Waals surface area contributed by atoms with E-state index in [0.717, 1.165) is 59.0 Å². The van der Waals surface area contributed by atoms with Crippen LogP contribution in [0.15, 0.2) is 40.5 Å². The van der Waals surface area contributed by atoms with Gasteiger partial charge >= 0.3 is 0 Å². The predicted octanol–water partition coefficient (Wildman–Crippen LogP) is 5.31. The molecule has 1 atom stereocenters. The summed E-state index contributed by atoms with van der Waals surface area (Å²) in [7, 11) is 0. The summed E-state index contributed by atoms with van der Waals surface area (Å²) in [5.41, 5.74) is 4.57. The first-order valence-corrected chi connectivity index (χ1v) is 14.4. The summed E-state index contributed by atoms with van der Waals surface area (Å²) in [6, 6.07) is 4.05. The van der Waals surface area contributed by atoms with Crippen LogP contribution in [0.1, 0.15) is 75.0 Å². The van der Waals surface area contributed by atoms with Crippen molar-refractivity contribution in [2.24, 2.45) is 5.92 Å². The normalized spacial score (nSPS) is 16.4. The lowest BCUT2D eigenvalue weighted by molar-refractivity contribution is 0.222. The molecular weight excluding hydrogens is 496 g/mol.